The number of nitrogens with zero attached hydrogens (tertiary/aromatic N) is 3. The van der Waals surface area contributed by atoms with E-state index in [9.17, 15) is 23.3 Å². The predicted octanol–water partition coefficient (Wildman–Crippen LogP) is 1.94. The van der Waals surface area contributed by atoms with E-state index in [0.717, 1.165) is 6.07 Å². The highest BCUT2D eigenvalue weighted by Gasteiger charge is 2.24. The minimum atomic E-state index is -3.10. The van der Waals surface area contributed by atoms with Crippen LogP contribution in [0.5, 0.6) is 0 Å². The Balaban J connectivity index is 3.47. The zero-order chi connectivity index (χ0) is 11.6. The Morgan fingerprint density at radius 3 is 2.60 bits per heavy atom. The first-order valence-corrected chi connectivity index (χ1v) is 3.50. The zero-order valence-corrected chi connectivity index (χ0v) is 6.95. The molecule has 0 fully saturated rings. The molecule has 0 spiro atoms. The van der Waals surface area contributed by atoms with Crippen molar-refractivity contribution in [3.8, 4) is 6.07 Å². The average Bonchev–Trinajstić information content (AvgIpc) is 2.17. The van der Waals surface area contributed by atoms with Gasteiger partial charge in [-0.25, -0.2) is 13.8 Å². The molecular weight excluding hydrogens is 215 g/mol. The molecule has 0 aliphatic carbocycles. The summed E-state index contributed by atoms with van der Waals surface area (Å²) in [4.78, 5) is 12.0. The van der Waals surface area contributed by atoms with Crippen molar-refractivity contribution in [2.24, 2.45) is 0 Å². The van der Waals surface area contributed by atoms with Crippen molar-refractivity contribution in [2.45, 2.75) is 6.43 Å². The number of hydrogen-bond acceptors (Lipinski definition) is 4. The largest absolute Gasteiger partial charge is 0.309 e. The third-order valence-electron chi connectivity index (χ3n) is 1.48. The van der Waals surface area contributed by atoms with E-state index < -0.39 is 34.2 Å². The van der Waals surface area contributed by atoms with Gasteiger partial charge in [0, 0.05) is 6.07 Å². The number of nitro groups is 1. The van der Waals surface area contributed by atoms with Crippen LogP contribution in [0.4, 0.5) is 18.9 Å². The lowest BCUT2D eigenvalue weighted by atomic mass is 10.2. The van der Waals surface area contributed by atoms with E-state index in [1.54, 1.807) is 0 Å². The van der Waals surface area contributed by atoms with Crippen molar-refractivity contribution in [3.05, 3.63) is 33.4 Å². The molecule has 1 rings (SSSR count). The second-order valence-electron chi connectivity index (χ2n) is 2.40. The van der Waals surface area contributed by atoms with E-state index >= 15 is 0 Å². The molecule has 8 heteroatoms. The number of hydrogen-bond donors (Lipinski definition) is 0. The monoisotopic (exact) mass is 217 g/mol. The second-order valence-corrected chi connectivity index (χ2v) is 2.40. The Bertz CT molecular complexity index is 456. The first-order chi connectivity index (χ1) is 6.97. The summed E-state index contributed by atoms with van der Waals surface area (Å²) in [6, 6.07) is 1.47. The van der Waals surface area contributed by atoms with Crippen molar-refractivity contribution in [2.75, 3.05) is 0 Å². The quantitative estimate of drug-likeness (QED) is 0.560. The molecule has 0 aliphatic rings. The van der Waals surface area contributed by atoms with Gasteiger partial charge in [0.2, 0.25) is 5.82 Å². The van der Waals surface area contributed by atoms with Crippen LogP contribution in [0.1, 0.15) is 17.8 Å². The Morgan fingerprint density at radius 2 is 2.20 bits per heavy atom. The fourth-order valence-electron chi connectivity index (χ4n) is 0.854. The molecule has 78 valence electrons. The van der Waals surface area contributed by atoms with Crippen molar-refractivity contribution in [1.82, 2.24) is 4.98 Å². The van der Waals surface area contributed by atoms with Crippen LogP contribution < -0.4 is 0 Å². The van der Waals surface area contributed by atoms with Gasteiger partial charge < -0.3 is 0 Å². The fraction of sp³-hybridized carbons (Fsp3) is 0.143. The molecule has 0 aliphatic heterocycles. The van der Waals surface area contributed by atoms with E-state index in [2.05, 4.69) is 4.98 Å². The number of halogens is 3. The summed E-state index contributed by atoms with van der Waals surface area (Å²) in [7, 11) is 0. The van der Waals surface area contributed by atoms with Crippen LogP contribution in [0.3, 0.4) is 0 Å². The third kappa shape index (κ3) is 2.01. The average molecular weight is 217 g/mol. The Kier molecular flexibility index (Phi) is 2.85. The molecule has 5 nitrogen and oxygen atoms in total. The van der Waals surface area contributed by atoms with Crippen LogP contribution in [0.25, 0.3) is 0 Å². The topological polar surface area (TPSA) is 79.8 Å². The molecule has 0 saturated carbocycles. The second kappa shape index (κ2) is 3.91. The summed E-state index contributed by atoms with van der Waals surface area (Å²) < 4.78 is 37.3. The predicted molar refractivity (Wildman–Crippen MR) is 40.5 cm³/mol. The van der Waals surface area contributed by atoms with Crippen LogP contribution >= 0.6 is 0 Å². The summed E-state index contributed by atoms with van der Waals surface area (Å²) in [6.07, 6.45) is -3.10. The van der Waals surface area contributed by atoms with Crippen molar-refractivity contribution in [1.29, 1.82) is 5.26 Å². The van der Waals surface area contributed by atoms with E-state index in [1.807, 2.05) is 0 Å². The van der Waals surface area contributed by atoms with Crippen LogP contribution in [-0.4, -0.2) is 9.91 Å². The van der Waals surface area contributed by atoms with E-state index in [1.165, 1.54) is 0 Å². The van der Waals surface area contributed by atoms with Gasteiger partial charge in [-0.05, 0) is 0 Å². The number of nitriles is 1. The highest BCUT2D eigenvalue weighted by Crippen LogP contribution is 2.25. The van der Waals surface area contributed by atoms with Gasteiger partial charge in [-0.2, -0.15) is 9.65 Å². The molecule has 15 heavy (non-hydrogen) atoms. The van der Waals surface area contributed by atoms with Crippen LogP contribution in [0, 0.1) is 27.3 Å². The maximum absolute atomic E-state index is 13.0. The zero-order valence-electron chi connectivity index (χ0n) is 6.95. The molecule has 0 N–H and O–H groups in total. The number of pyridine rings is 1. The van der Waals surface area contributed by atoms with E-state index in [4.69, 9.17) is 5.26 Å². The van der Waals surface area contributed by atoms with E-state index in [-0.39, 0.29) is 0 Å². The minimum absolute atomic E-state index is 0.306. The molecule has 0 bridgehead atoms. The summed E-state index contributed by atoms with van der Waals surface area (Å²) in [5.74, 6) is -1.51. The first kappa shape index (κ1) is 10.9. The first-order valence-electron chi connectivity index (χ1n) is 3.50. The molecule has 1 aromatic rings. The van der Waals surface area contributed by atoms with Crippen LogP contribution in [0.15, 0.2) is 6.07 Å². The molecular formula is C7H2F3N3O2. The number of alkyl halides is 2. The SMILES string of the molecule is N#Cc1nc(C(F)F)cc([N+](=O)[O-])c1F. The van der Waals surface area contributed by atoms with Gasteiger partial charge in [-0.15, -0.1) is 0 Å². The molecule has 0 aromatic carbocycles. The van der Waals surface area contributed by atoms with Crippen molar-refractivity contribution < 1.29 is 18.1 Å². The smallest absolute Gasteiger partial charge is 0.258 e. The molecule has 1 aromatic heterocycles. The van der Waals surface area contributed by atoms with Gasteiger partial charge in [0.25, 0.3) is 6.43 Å². The summed E-state index contributed by atoms with van der Waals surface area (Å²) in [5.41, 5.74) is -3.20. The Hall–Kier alpha value is -2.17. The van der Waals surface area contributed by atoms with Gasteiger partial charge in [0.05, 0.1) is 4.92 Å². The lowest BCUT2D eigenvalue weighted by molar-refractivity contribution is -0.387. The van der Waals surface area contributed by atoms with Gasteiger partial charge in [0.1, 0.15) is 11.8 Å². The van der Waals surface area contributed by atoms with Gasteiger partial charge in [-0.3, -0.25) is 10.1 Å². The highest BCUT2D eigenvalue weighted by atomic mass is 19.3. The molecule has 0 radical (unpaired) electrons. The number of rotatable bonds is 2. The fourth-order valence-corrected chi connectivity index (χ4v) is 0.854. The third-order valence-corrected chi connectivity index (χ3v) is 1.48. The molecule has 1 heterocycles. The molecule has 0 unspecified atom stereocenters. The van der Waals surface area contributed by atoms with E-state index in [0.29, 0.717) is 6.07 Å². The van der Waals surface area contributed by atoms with Gasteiger partial charge in [-0.1, -0.05) is 0 Å². The molecule has 0 saturated heterocycles. The highest BCUT2D eigenvalue weighted by molar-refractivity contribution is 5.40. The normalized spacial score (nSPS) is 10.1. The van der Waals surface area contributed by atoms with Gasteiger partial charge in [0.15, 0.2) is 5.69 Å². The lowest BCUT2D eigenvalue weighted by Crippen LogP contribution is -2.02. The van der Waals surface area contributed by atoms with Crippen molar-refractivity contribution >= 4 is 5.69 Å². The summed E-state index contributed by atoms with van der Waals surface area (Å²) in [5, 5.41) is 18.6. The maximum Gasteiger partial charge on any atom is 0.309 e. The maximum atomic E-state index is 13.0. The Labute approximate surface area is 80.9 Å². The number of aromatic nitrogens is 1. The summed E-state index contributed by atoms with van der Waals surface area (Å²) in [6.45, 7) is 0. The van der Waals surface area contributed by atoms with Crippen molar-refractivity contribution in [3.63, 3.8) is 0 Å². The Morgan fingerprint density at radius 1 is 1.60 bits per heavy atom. The van der Waals surface area contributed by atoms with Crippen LogP contribution in [-0.2, 0) is 0 Å². The summed E-state index contributed by atoms with van der Waals surface area (Å²) >= 11 is 0. The molecule has 0 atom stereocenters. The standard InChI is InChI=1S/C7H2F3N3O2/c8-6-4(2-11)12-3(7(9)10)1-5(6)13(14)15/h1,7H. The minimum Gasteiger partial charge on any atom is -0.258 e. The molecule has 0 amide bonds. The lowest BCUT2D eigenvalue weighted by Gasteiger charge is -2.00. The van der Waals surface area contributed by atoms with Gasteiger partial charge >= 0.3 is 5.69 Å². The van der Waals surface area contributed by atoms with Crippen LogP contribution in [0.2, 0.25) is 0 Å².